The average molecular weight is 432 g/mol. The number of hydrogen-bond donors (Lipinski definition) is 2. The van der Waals surface area contributed by atoms with Crippen molar-refractivity contribution >= 4 is 50.2 Å². The molecule has 0 aliphatic carbocycles. The number of piperazine rings is 1. The van der Waals surface area contributed by atoms with Gasteiger partial charge in [0.15, 0.2) is 5.82 Å². The van der Waals surface area contributed by atoms with Gasteiger partial charge in [0.25, 0.3) is 0 Å². The van der Waals surface area contributed by atoms with Gasteiger partial charge in [0.1, 0.15) is 11.3 Å². The highest BCUT2D eigenvalue weighted by molar-refractivity contribution is 9.10. The molecule has 9 heteroatoms. The zero-order chi connectivity index (χ0) is 18.0. The van der Waals surface area contributed by atoms with E-state index in [1.54, 1.807) is 6.07 Å². The number of halogens is 3. The first-order valence-corrected chi connectivity index (χ1v) is 9.34. The van der Waals surface area contributed by atoms with Crippen molar-refractivity contribution in [3.8, 4) is 0 Å². The number of fused-ring (bicyclic) bond motifs is 1. The third-order valence-corrected chi connectivity index (χ3v) is 5.37. The van der Waals surface area contributed by atoms with Crippen molar-refractivity contribution in [3.63, 3.8) is 0 Å². The maximum atomic E-state index is 14.7. The van der Waals surface area contributed by atoms with Gasteiger partial charge in [-0.05, 0) is 36.1 Å². The topological polar surface area (TPSA) is 56.3 Å². The Morgan fingerprint density at radius 1 is 1.36 bits per heavy atom. The quantitative estimate of drug-likeness (QED) is 0.710. The van der Waals surface area contributed by atoms with Gasteiger partial charge in [-0.15, -0.1) is 0 Å². The van der Waals surface area contributed by atoms with Gasteiger partial charge in [-0.1, -0.05) is 11.6 Å². The van der Waals surface area contributed by atoms with Crippen LogP contribution in [0.25, 0.3) is 10.9 Å². The van der Waals surface area contributed by atoms with Crippen LogP contribution in [0.5, 0.6) is 0 Å². The van der Waals surface area contributed by atoms with E-state index in [4.69, 9.17) is 11.6 Å². The van der Waals surface area contributed by atoms with Crippen LogP contribution in [0.4, 0.5) is 16.2 Å². The first-order valence-electron chi connectivity index (χ1n) is 8.17. The van der Waals surface area contributed by atoms with Gasteiger partial charge >= 0.3 is 0 Å². The zero-order valence-electron chi connectivity index (χ0n) is 14.2. The summed E-state index contributed by atoms with van der Waals surface area (Å²) in [6.07, 6.45) is 0. The molecule has 0 spiro atoms. The number of nitrogens with one attached hydrogen (secondary N) is 2. The molecule has 2 heterocycles. The summed E-state index contributed by atoms with van der Waals surface area (Å²) < 4.78 is 15.0. The molecular weight excluding hydrogens is 411 g/mol. The van der Waals surface area contributed by atoms with Gasteiger partial charge in [0.2, 0.25) is 5.95 Å². The van der Waals surface area contributed by atoms with E-state index in [9.17, 15) is 4.39 Å². The molecule has 0 saturated carbocycles. The normalized spacial score (nSPS) is 15.2. The summed E-state index contributed by atoms with van der Waals surface area (Å²) in [5.74, 6) is 0.681. The van der Waals surface area contributed by atoms with Crippen molar-refractivity contribution in [1.29, 1.82) is 0 Å². The largest absolute Gasteiger partial charge is 0.353 e. The summed E-state index contributed by atoms with van der Waals surface area (Å²) >= 11 is 9.37. The fourth-order valence-electron chi connectivity index (χ4n) is 2.74. The molecule has 0 unspecified atom stereocenters. The van der Waals surface area contributed by atoms with Gasteiger partial charge in [0.05, 0.1) is 9.50 Å². The van der Waals surface area contributed by atoms with Crippen LogP contribution in [-0.4, -0.2) is 68.2 Å². The standard InChI is InChI=1S/C16H21BrClFN6/c1-24(2)6-5-21-16-22-14-10(9-11(18)12(17)13(14)19)15(23-16)25-7-3-20-4-8-25/h9,20H,3-8H2,1-2H3,(H,21,22,23). The van der Waals surface area contributed by atoms with E-state index >= 15 is 0 Å². The van der Waals surface area contributed by atoms with Gasteiger partial charge in [-0.25, -0.2) is 9.37 Å². The molecule has 2 N–H and O–H groups in total. The predicted octanol–water partition coefficient (Wildman–Crippen LogP) is 2.57. The third kappa shape index (κ3) is 4.13. The minimum Gasteiger partial charge on any atom is -0.353 e. The molecule has 1 aliphatic rings. The molecular formula is C16H21BrClFN6. The highest BCUT2D eigenvalue weighted by Gasteiger charge is 2.21. The van der Waals surface area contributed by atoms with Crippen LogP contribution >= 0.6 is 27.5 Å². The first-order chi connectivity index (χ1) is 12.0. The Bertz CT molecular complexity index is 766. The van der Waals surface area contributed by atoms with Crippen LogP contribution in [0.2, 0.25) is 5.02 Å². The smallest absolute Gasteiger partial charge is 0.225 e. The van der Waals surface area contributed by atoms with Gasteiger partial charge in [-0.2, -0.15) is 4.98 Å². The molecule has 1 saturated heterocycles. The maximum absolute atomic E-state index is 14.7. The highest BCUT2D eigenvalue weighted by Crippen LogP contribution is 2.35. The van der Waals surface area contributed by atoms with Crippen LogP contribution < -0.4 is 15.5 Å². The van der Waals surface area contributed by atoms with E-state index in [1.165, 1.54) is 0 Å². The molecule has 25 heavy (non-hydrogen) atoms. The number of rotatable bonds is 5. The molecule has 6 nitrogen and oxygen atoms in total. The number of nitrogens with zero attached hydrogens (tertiary/aromatic N) is 4. The number of aromatic nitrogens is 2. The number of likely N-dealkylation sites (N-methyl/N-ethyl adjacent to an activating group) is 1. The fraction of sp³-hybridized carbons (Fsp3) is 0.500. The van der Waals surface area contributed by atoms with Crippen molar-refractivity contribution in [1.82, 2.24) is 20.2 Å². The van der Waals surface area contributed by atoms with E-state index in [1.807, 2.05) is 14.1 Å². The zero-order valence-corrected chi connectivity index (χ0v) is 16.6. The fourth-order valence-corrected chi connectivity index (χ4v) is 3.24. The summed E-state index contributed by atoms with van der Waals surface area (Å²) in [6, 6.07) is 1.73. The molecule has 2 aromatic rings. The Kier molecular flexibility index (Phi) is 5.93. The lowest BCUT2D eigenvalue weighted by atomic mass is 10.2. The van der Waals surface area contributed by atoms with E-state index < -0.39 is 5.82 Å². The van der Waals surface area contributed by atoms with Gasteiger partial charge in [0, 0.05) is 44.7 Å². The van der Waals surface area contributed by atoms with Crippen LogP contribution in [0, 0.1) is 5.82 Å². The highest BCUT2D eigenvalue weighted by atomic mass is 79.9. The lowest BCUT2D eigenvalue weighted by molar-refractivity contribution is 0.425. The minimum absolute atomic E-state index is 0.228. The van der Waals surface area contributed by atoms with Crippen molar-refractivity contribution in [3.05, 3.63) is 21.4 Å². The number of hydrogen-bond acceptors (Lipinski definition) is 6. The Balaban J connectivity index is 2.06. The Morgan fingerprint density at radius 2 is 2.08 bits per heavy atom. The summed E-state index contributed by atoms with van der Waals surface area (Å²) in [5.41, 5.74) is 0.271. The predicted molar refractivity (Wildman–Crippen MR) is 104 cm³/mol. The second-order valence-corrected chi connectivity index (χ2v) is 7.42. The molecule has 0 amide bonds. The van der Waals surface area contributed by atoms with E-state index in [0.717, 1.165) is 32.7 Å². The lowest BCUT2D eigenvalue weighted by Gasteiger charge is -2.29. The number of anilines is 2. The third-order valence-electron chi connectivity index (χ3n) is 4.07. The Morgan fingerprint density at radius 3 is 2.76 bits per heavy atom. The second kappa shape index (κ2) is 7.99. The summed E-state index contributed by atoms with van der Waals surface area (Å²) in [6.45, 7) is 4.84. The van der Waals surface area contributed by atoms with Crippen molar-refractivity contribution in [2.24, 2.45) is 0 Å². The van der Waals surface area contributed by atoms with Gasteiger partial charge < -0.3 is 20.4 Å². The van der Waals surface area contributed by atoms with Crippen molar-refractivity contribution < 1.29 is 4.39 Å². The molecule has 136 valence electrons. The molecule has 1 aliphatic heterocycles. The Labute approximate surface area is 159 Å². The SMILES string of the molecule is CN(C)CCNc1nc(N2CCNCC2)c2cc(Cl)c(Br)c(F)c2n1. The van der Waals surface area contributed by atoms with Crippen LogP contribution in [0.15, 0.2) is 10.5 Å². The summed E-state index contributed by atoms with van der Waals surface area (Å²) in [4.78, 5) is 13.2. The lowest BCUT2D eigenvalue weighted by Crippen LogP contribution is -2.44. The monoisotopic (exact) mass is 430 g/mol. The first kappa shape index (κ1) is 18.6. The van der Waals surface area contributed by atoms with Crippen LogP contribution in [-0.2, 0) is 0 Å². The van der Waals surface area contributed by atoms with Crippen LogP contribution in [0.1, 0.15) is 0 Å². The van der Waals surface area contributed by atoms with E-state index in [-0.39, 0.29) is 9.99 Å². The molecule has 1 aromatic heterocycles. The van der Waals surface area contributed by atoms with Crippen molar-refractivity contribution in [2.75, 3.05) is 63.6 Å². The summed E-state index contributed by atoms with van der Waals surface area (Å²) in [5, 5.41) is 7.45. The molecule has 1 fully saturated rings. The molecule has 0 atom stereocenters. The van der Waals surface area contributed by atoms with E-state index in [2.05, 4.69) is 46.3 Å². The van der Waals surface area contributed by atoms with Crippen LogP contribution in [0.3, 0.4) is 0 Å². The molecule has 1 aromatic carbocycles. The van der Waals surface area contributed by atoms with E-state index in [0.29, 0.717) is 28.7 Å². The second-order valence-electron chi connectivity index (χ2n) is 6.22. The van der Waals surface area contributed by atoms with Gasteiger partial charge in [-0.3, -0.25) is 0 Å². The minimum atomic E-state index is -0.461. The molecule has 0 bridgehead atoms. The maximum Gasteiger partial charge on any atom is 0.225 e. The molecule has 3 rings (SSSR count). The van der Waals surface area contributed by atoms with Crippen molar-refractivity contribution in [2.45, 2.75) is 0 Å². The number of benzene rings is 1. The average Bonchev–Trinajstić information content (AvgIpc) is 2.60. The molecule has 0 radical (unpaired) electrons. The Hall–Kier alpha value is -1.22. The summed E-state index contributed by atoms with van der Waals surface area (Å²) in [7, 11) is 3.99.